The van der Waals surface area contributed by atoms with Gasteiger partial charge in [-0.1, -0.05) is 208 Å². The molecule has 0 saturated heterocycles. The summed E-state index contributed by atoms with van der Waals surface area (Å²) in [6, 6.07) is 49.1. The summed E-state index contributed by atoms with van der Waals surface area (Å²) in [5.74, 6) is 0. The Balaban J connectivity index is 0.000000749. The van der Waals surface area contributed by atoms with Crippen LogP contribution in [0.2, 0.25) is 0 Å². The van der Waals surface area contributed by atoms with Crippen LogP contribution in [0.15, 0.2) is 139 Å². The van der Waals surface area contributed by atoms with Gasteiger partial charge in [-0.15, -0.1) is 0 Å². The van der Waals surface area contributed by atoms with Crippen LogP contribution in [0.1, 0.15) is 100 Å². The molecule has 0 atom stereocenters. The third-order valence-electron chi connectivity index (χ3n) is 9.39. The highest BCUT2D eigenvalue weighted by atomic mass is 14.2. The highest BCUT2D eigenvalue weighted by Crippen LogP contribution is 2.46. The molecule has 0 aliphatic rings. The Labute approximate surface area is 316 Å². The van der Waals surface area contributed by atoms with E-state index >= 15 is 0 Å². The van der Waals surface area contributed by atoms with Gasteiger partial charge in [0.1, 0.15) is 0 Å². The molecule has 270 valence electrons. The summed E-state index contributed by atoms with van der Waals surface area (Å²) in [4.78, 5) is 0. The van der Waals surface area contributed by atoms with E-state index in [4.69, 9.17) is 0 Å². The highest BCUT2D eigenvalue weighted by Gasteiger charge is 2.19. The van der Waals surface area contributed by atoms with Crippen molar-refractivity contribution in [1.29, 1.82) is 0 Å². The summed E-state index contributed by atoms with van der Waals surface area (Å²) >= 11 is 0. The molecule has 0 saturated carbocycles. The Morgan fingerprint density at radius 1 is 0.404 bits per heavy atom. The largest absolute Gasteiger partial charge is 0.0701 e. The number of allylic oxidation sites excluding steroid dienone is 2. The number of rotatable bonds is 5. The van der Waals surface area contributed by atoms with Gasteiger partial charge in [0.05, 0.1) is 0 Å². The van der Waals surface area contributed by atoms with Crippen LogP contribution in [-0.2, 0) is 0 Å². The van der Waals surface area contributed by atoms with Crippen molar-refractivity contribution >= 4 is 37.9 Å². The fourth-order valence-electron chi connectivity index (χ4n) is 6.92. The summed E-state index contributed by atoms with van der Waals surface area (Å²) in [5.41, 5.74) is 13.2. The van der Waals surface area contributed by atoms with E-state index in [1.165, 1.54) is 94.4 Å². The quantitative estimate of drug-likeness (QED) is 0.158. The lowest BCUT2D eigenvalue weighted by molar-refractivity contribution is 1.09. The monoisotopic (exact) mass is 686 g/mol. The maximum atomic E-state index is 2.36. The van der Waals surface area contributed by atoms with Gasteiger partial charge in [0.2, 0.25) is 0 Å². The van der Waals surface area contributed by atoms with Crippen LogP contribution in [0, 0.1) is 6.92 Å². The minimum atomic E-state index is 1.07. The molecule has 52 heavy (non-hydrogen) atoms. The molecule has 0 heterocycles. The smallest absolute Gasteiger partial charge is 0.00201 e. The Morgan fingerprint density at radius 3 is 1.29 bits per heavy atom. The number of hydrogen-bond acceptors (Lipinski definition) is 0. The van der Waals surface area contributed by atoms with Crippen molar-refractivity contribution in [2.24, 2.45) is 0 Å². The molecule has 0 aromatic heterocycles. The van der Waals surface area contributed by atoms with E-state index in [-0.39, 0.29) is 0 Å². The fraction of sp³-hybridized carbons (Fsp3) is 0.269. The van der Waals surface area contributed by atoms with Gasteiger partial charge in [0, 0.05) is 0 Å². The van der Waals surface area contributed by atoms with E-state index in [2.05, 4.69) is 175 Å². The SMILES string of the molecule is CC.CC.CC.CC/C(C)=C(\C)c1cccc(-c2ccc(-c3c4ccccc4c(-c4ccccc4)c4ccccc34)c3ccccc23)c1C.CCC. The first kappa shape index (κ1) is 41.5. The minimum Gasteiger partial charge on any atom is -0.0701 e. The Morgan fingerprint density at radius 2 is 0.808 bits per heavy atom. The molecule has 0 spiro atoms. The molecule has 7 aromatic carbocycles. The topological polar surface area (TPSA) is 0 Å². The third kappa shape index (κ3) is 8.56. The van der Waals surface area contributed by atoms with Crippen LogP contribution in [0.4, 0.5) is 0 Å². The van der Waals surface area contributed by atoms with Crippen LogP contribution >= 0.6 is 0 Å². The Kier molecular flexibility index (Phi) is 16.6. The van der Waals surface area contributed by atoms with E-state index < -0.39 is 0 Å². The molecule has 0 unspecified atom stereocenters. The number of benzene rings is 7. The van der Waals surface area contributed by atoms with E-state index in [0.29, 0.717) is 0 Å². The van der Waals surface area contributed by atoms with Crippen LogP contribution in [0.25, 0.3) is 71.3 Å². The van der Waals surface area contributed by atoms with Crippen molar-refractivity contribution in [3.8, 4) is 33.4 Å². The van der Waals surface area contributed by atoms with Crippen LogP contribution in [-0.4, -0.2) is 0 Å². The van der Waals surface area contributed by atoms with Gasteiger partial charge in [0.25, 0.3) is 0 Å². The molecule has 0 nitrogen and oxygen atoms in total. The Hall–Kier alpha value is -4.94. The molecular weight excluding hydrogens is 625 g/mol. The lowest BCUT2D eigenvalue weighted by atomic mass is 9.83. The van der Waals surface area contributed by atoms with E-state index in [1.807, 2.05) is 41.5 Å². The summed E-state index contributed by atoms with van der Waals surface area (Å²) in [6.45, 7) is 25.3. The molecule has 0 radical (unpaired) electrons. The van der Waals surface area contributed by atoms with Crippen molar-refractivity contribution in [2.45, 2.75) is 95.9 Å². The minimum absolute atomic E-state index is 1.07. The summed E-state index contributed by atoms with van der Waals surface area (Å²) in [5, 5.41) is 7.71. The molecule has 0 aliphatic heterocycles. The first-order chi connectivity index (χ1) is 25.5. The zero-order valence-corrected chi connectivity index (χ0v) is 34.1. The second-order valence-corrected chi connectivity index (χ2v) is 12.4. The van der Waals surface area contributed by atoms with E-state index in [9.17, 15) is 0 Å². The van der Waals surface area contributed by atoms with Gasteiger partial charge in [-0.2, -0.15) is 0 Å². The lowest BCUT2D eigenvalue weighted by Gasteiger charge is -2.20. The van der Waals surface area contributed by atoms with Crippen molar-refractivity contribution in [3.63, 3.8) is 0 Å². The van der Waals surface area contributed by atoms with Crippen LogP contribution in [0.3, 0.4) is 0 Å². The molecule has 0 heteroatoms. The van der Waals surface area contributed by atoms with Crippen molar-refractivity contribution in [3.05, 3.63) is 150 Å². The van der Waals surface area contributed by atoms with Gasteiger partial charge in [-0.25, -0.2) is 0 Å². The van der Waals surface area contributed by atoms with Crippen LogP contribution in [0.5, 0.6) is 0 Å². The maximum absolute atomic E-state index is 2.36. The molecule has 7 rings (SSSR count). The number of hydrogen-bond donors (Lipinski definition) is 0. The second-order valence-electron chi connectivity index (χ2n) is 12.4. The van der Waals surface area contributed by atoms with Gasteiger partial charge >= 0.3 is 0 Å². The third-order valence-corrected chi connectivity index (χ3v) is 9.39. The second kappa shape index (κ2) is 20.8. The van der Waals surface area contributed by atoms with Crippen molar-refractivity contribution < 1.29 is 0 Å². The molecule has 0 aliphatic carbocycles. The molecule has 0 fully saturated rings. The molecule has 0 amide bonds. The Bertz CT molecular complexity index is 2140. The summed E-state index contributed by atoms with van der Waals surface area (Å²) in [7, 11) is 0. The fourth-order valence-corrected chi connectivity index (χ4v) is 6.92. The predicted octanol–water partition coefficient (Wildman–Crippen LogP) is 17.2. The maximum Gasteiger partial charge on any atom is -0.00201 e. The average Bonchev–Trinajstić information content (AvgIpc) is 3.22. The summed E-state index contributed by atoms with van der Waals surface area (Å²) in [6.07, 6.45) is 2.32. The molecular formula is C52H62. The molecule has 0 N–H and O–H groups in total. The van der Waals surface area contributed by atoms with E-state index in [1.54, 1.807) is 0 Å². The van der Waals surface area contributed by atoms with Crippen molar-refractivity contribution in [2.75, 3.05) is 0 Å². The van der Waals surface area contributed by atoms with Crippen LogP contribution < -0.4 is 0 Å². The average molecular weight is 687 g/mol. The standard InChI is InChI=1S/C43H36.C3H8.3C2H6/c1-5-28(2)29(3)32-24-15-25-33(30(32)4)36-26-27-41(35-19-10-9-18-34(35)36)43-39-22-13-11-20-37(39)42(31-16-7-6-8-17-31)38-21-12-14-23-40(38)43;1-3-2;3*1-2/h6-27H,5H2,1-4H3;3H2,1-2H3;3*1-2H3/b29-28+;;;;. The van der Waals surface area contributed by atoms with Gasteiger partial charge in [-0.3, -0.25) is 0 Å². The molecule has 7 aromatic rings. The van der Waals surface area contributed by atoms with E-state index in [0.717, 1.165) is 6.42 Å². The highest BCUT2D eigenvalue weighted by molar-refractivity contribution is 6.24. The predicted molar refractivity (Wildman–Crippen MR) is 239 cm³/mol. The molecule has 0 bridgehead atoms. The zero-order valence-electron chi connectivity index (χ0n) is 34.1. The first-order valence-electron chi connectivity index (χ1n) is 19.8. The lowest BCUT2D eigenvalue weighted by Crippen LogP contribution is -1.95. The number of fused-ring (bicyclic) bond motifs is 3. The normalized spacial score (nSPS) is 10.8. The zero-order chi connectivity index (χ0) is 38.2. The van der Waals surface area contributed by atoms with Gasteiger partial charge in [0.15, 0.2) is 0 Å². The summed E-state index contributed by atoms with van der Waals surface area (Å²) < 4.78 is 0. The van der Waals surface area contributed by atoms with Crippen molar-refractivity contribution in [1.82, 2.24) is 0 Å². The van der Waals surface area contributed by atoms with Gasteiger partial charge in [-0.05, 0) is 110 Å². The van der Waals surface area contributed by atoms with Gasteiger partial charge < -0.3 is 0 Å². The first-order valence-corrected chi connectivity index (χ1v) is 19.8.